The lowest BCUT2D eigenvalue weighted by Gasteiger charge is -2.40. The molecule has 0 atom stereocenters. The Labute approximate surface area is 106 Å². The monoisotopic (exact) mass is 241 g/mol. The zero-order chi connectivity index (χ0) is 12.4. The van der Waals surface area contributed by atoms with Gasteiger partial charge in [-0.15, -0.1) is 0 Å². The van der Waals surface area contributed by atoms with Gasteiger partial charge in [0.25, 0.3) is 0 Å². The molecule has 1 fully saturated rings. The molecule has 2 aromatic heterocycles. The van der Waals surface area contributed by atoms with Crippen LogP contribution in [-0.4, -0.2) is 34.1 Å². The summed E-state index contributed by atoms with van der Waals surface area (Å²) in [7, 11) is 0. The van der Waals surface area contributed by atoms with Gasteiger partial charge >= 0.3 is 0 Å². The first-order valence-corrected chi connectivity index (χ1v) is 6.03. The van der Waals surface area contributed by atoms with Gasteiger partial charge in [-0.05, 0) is 25.1 Å². The molecule has 1 saturated heterocycles. The summed E-state index contributed by atoms with van der Waals surface area (Å²) in [5.74, 6) is 2.73. The highest BCUT2D eigenvalue weighted by molar-refractivity contribution is 5.45. The molecule has 0 spiro atoms. The highest BCUT2D eigenvalue weighted by atomic mass is 15.3. The van der Waals surface area contributed by atoms with Gasteiger partial charge in [0.2, 0.25) is 0 Å². The Hall–Kier alpha value is -2.17. The molecule has 0 aliphatic carbocycles. The maximum atomic E-state index is 4.34. The lowest BCUT2D eigenvalue weighted by Crippen LogP contribution is -2.55. The average Bonchev–Trinajstić information content (AvgIpc) is 2.34. The number of nitrogens with zero attached hydrogens (tertiary/aromatic N) is 4. The van der Waals surface area contributed by atoms with Crippen molar-refractivity contribution in [1.29, 1.82) is 0 Å². The summed E-state index contributed by atoms with van der Waals surface area (Å²) in [6.45, 7) is 3.81. The van der Waals surface area contributed by atoms with Gasteiger partial charge in [0.15, 0.2) is 0 Å². The van der Waals surface area contributed by atoms with Gasteiger partial charge < -0.3 is 10.2 Å². The molecule has 3 heterocycles. The number of pyridine rings is 1. The largest absolute Gasteiger partial charge is 0.364 e. The zero-order valence-corrected chi connectivity index (χ0v) is 10.2. The van der Waals surface area contributed by atoms with E-state index >= 15 is 0 Å². The van der Waals surface area contributed by atoms with Gasteiger partial charge in [-0.1, -0.05) is 6.07 Å². The Balaban J connectivity index is 1.57. The second kappa shape index (κ2) is 4.60. The van der Waals surface area contributed by atoms with Crippen LogP contribution in [0.3, 0.4) is 0 Å². The molecular formula is C13H15N5. The van der Waals surface area contributed by atoms with E-state index in [-0.39, 0.29) is 0 Å². The van der Waals surface area contributed by atoms with Gasteiger partial charge in [0.05, 0.1) is 6.04 Å². The molecule has 2 aromatic rings. The summed E-state index contributed by atoms with van der Waals surface area (Å²) in [6, 6.07) is 8.31. The van der Waals surface area contributed by atoms with E-state index in [1.54, 1.807) is 6.20 Å². The van der Waals surface area contributed by atoms with Crippen LogP contribution in [0.25, 0.3) is 0 Å². The number of aryl methyl sites for hydroxylation is 1. The Morgan fingerprint density at radius 2 is 2.06 bits per heavy atom. The Bertz CT molecular complexity index is 522. The highest BCUT2D eigenvalue weighted by Crippen LogP contribution is 2.19. The van der Waals surface area contributed by atoms with Crippen LogP contribution in [0.15, 0.2) is 36.7 Å². The van der Waals surface area contributed by atoms with Crippen LogP contribution in [-0.2, 0) is 0 Å². The molecule has 5 nitrogen and oxygen atoms in total. The Morgan fingerprint density at radius 1 is 1.17 bits per heavy atom. The van der Waals surface area contributed by atoms with Crippen molar-refractivity contribution >= 4 is 11.6 Å². The first-order valence-electron chi connectivity index (χ1n) is 6.03. The molecule has 0 unspecified atom stereocenters. The standard InChI is InChI=1S/C13H15N5/c1-10-14-7-5-12(16-10)17-11-8-18(9-11)13-4-2-3-6-15-13/h2-7,11H,8-9H2,1H3,(H,14,16,17). The number of aromatic nitrogens is 3. The third-order valence-electron chi connectivity index (χ3n) is 2.98. The SMILES string of the molecule is Cc1nccc(NC2CN(c3ccccn3)C2)n1. The molecule has 1 N–H and O–H groups in total. The molecule has 3 rings (SSSR count). The van der Waals surface area contributed by atoms with Crippen molar-refractivity contribution in [2.75, 3.05) is 23.3 Å². The molecular weight excluding hydrogens is 226 g/mol. The summed E-state index contributed by atoms with van der Waals surface area (Å²) >= 11 is 0. The predicted octanol–water partition coefficient (Wildman–Crippen LogP) is 1.48. The molecule has 18 heavy (non-hydrogen) atoms. The number of hydrogen-bond donors (Lipinski definition) is 1. The molecule has 0 radical (unpaired) electrons. The van der Waals surface area contributed by atoms with Gasteiger partial charge in [-0.25, -0.2) is 15.0 Å². The predicted molar refractivity (Wildman–Crippen MR) is 70.6 cm³/mol. The Kier molecular flexibility index (Phi) is 2.80. The first-order chi connectivity index (χ1) is 8.81. The van der Waals surface area contributed by atoms with Crippen molar-refractivity contribution < 1.29 is 0 Å². The van der Waals surface area contributed by atoms with Crippen LogP contribution >= 0.6 is 0 Å². The second-order valence-corrected chi connectivity index (χ2v) is 4.42. The van der Waals surface area contributed by atoms with E-state index in [2.05, 4.69) is 25.2 Å². The van der Waals surface area contributed by atoms with Gasteiger partial charge in [0, 0.05) is 25.5 Å². The highest BCUT2D eigenvalue weighted by Gasteiger charge is 2.27. The summed E-state index contributed by atoms with van der Waals surface area (Å²) in [5.41, 5.74) is 0. The maximum absolute atomic E-state index is 4.34. The second-order valence-electron chi connectivity index (χ2n) is 4.42. The van der Waals surface area contributed by atoms with Crippen LogP contribution in [0.1, 0.15) is 5.82 Å². The van der Waals surface area contributed by atoms with Crippen molar-refractivity contribution in [2.24, 2.45) is 0 Å². The van der Waals surface area contributed by atoms with Crippen molar-refractivity contribution in [2.45, 2.75) is 13.0 Å². The fourth-order valence-electron chi connectivity index (χ4n) is 2.04. The van der Waals surface area contributed by atoms with E-state index in [1.807, 2.05) is 37.4 Å². The summed E-state index contributed by atoms with van der Waals surface area (Å²) in [6.07, 6.45) is 3.60. The van der Waals surface area contributed by atoms with Gasteiger partial charge in [-0.2, -0.15) is 0 Å². The smallest absolute Gasteiger partial charge is 0.129 e. The van der Waals surface area contributed by atoms with Gasteiger partial charge in [0.1, 0.15) is 17.5 Å². The van der Waals surface area contributed by atoms with Crippen LogP contribution in [0.2, 0.25) is 0 Å². The summed E-state index contributed by atoms with van der Waals surface area (Å²) < 4.78 is 0. The van der Waals surface area contributed by atoms with E-state index in [0.29, 0.717) is 6.04 Å². The van der Waals surface area contributed by atoms with Crippen molar-refractivity contribution in [3.63, 3.8) is 0 Å². The van der Waals surface area contributed by atoms with E-state index in [4.69, 9.17) is 0 Å². The topological polar surface area (TPSA) is 53.9 Å². The molecule has 92 valence electrons. The van der Waals surface area contributed by atoms with E-state index in [9.17, 15) is 0 Å². The normalized spacial score (nSPS) is 15.3. The minimum Gasteiger partial charge on any atom is -0.364 e. The molecule has 5 heteroatoms. The van der Waals surface area contributed by atoms with E-state index in [0.717, 1.165) is 30.5 Å². The molecule has 0 bridgehead atoms. The van der Waals surface area contributed by atoms with Crippen LogP contribution in [0, 0.1) is 6.92 Å². The number of anilines is 2. The maximum Gasteiger partial charge on any atom is 0.129 e. The Morgan fingerprint density at radius 3 is 2.78 bits per heavy atom. The number of nitrogens with one attached hydrogen (secondary N) is 1. The zero-order valence-electron chi connectivity index (χ0n) is 10.2. The van der Waals surface area contributed by atoms with Crippen molar-refractivity contribution in [3.8, 4) is 0 Å². The quantitative estimate of drug-likeness (QED) is 0.882. The third kappa shape index (κ3) is 2.25. The number of rotatable bonds is 3. The van der Waals surface area contributed by atoms with Crippen molar-refractivity contribution in [3.05, 3.63) is 42.5 Å². The van der Waals surface area contributed by atoms with Crippen LogP contribution < -0.4 is 10.2 Å². The molecule has 0 aromatic carbocycles. The molecule has 0 amide bonds. The van der Waals surface area contributed by atoms with E-state index < -0.39 is 0 Å². The van der Waals surface area contributed by atoms with Gasteiger partial charge in [-0.3, -0.25) is 0 Å². The average molecular weight is 241 g/mol. The van der Waals surface area contributed by atoms with E-state index in [1.165, 1.54) is 0 Å². The fourth-order valence-corrected chi connectivity index (χ4v) is 2.04. The van der Waals surface area contributed by atoms with Crippen molar-refractivity contribution in [1.82, 2.24) is 15.0 Å². The minimum atomic E-state index is 0.432. The molecule has 0 saturated carbocycles. The molecule has 1 aliphatic rings. The minimum absolute atomic E-state index is 0.432. The number of hydrogen-bond acceptors (Lipinski definition) is 5. The third-order valence-corrected chi connectivity index (χ3v) is 2.98. The summed E-state index contributed by atoms with van der Waals surface area (Å²) in [4.78, 5) is 15.0. The summed E-state index contributed by atoms with van der Waals surface area (Å²) in [5, 5.41) is 3.40. The fraction of sp³-hybridized carbons (Fsp3) is 0.308. The van der Waals surface area contributed by atoms with Crippen LogP contribution in [0.5, 0.6) is 0 Å². The lowest BCUT2D eigenvalue weighted by molar-refractivity contribution is 0.543. The first kappa shape index (κ1) is 11.0. The molecule has 1 aliphatic heterocycles. The van der Waals surface area contributed by atoms with Crippen LogP contribution in [0.4, 0.5) is 11.6 Å². The lowest BCUT2D eigenvalue weighted by atomic mass is 10.1.